The molecule has 4 nitrogen and oxygen atoms in total. The van der Waals surface area contributed by atoms with E-state index in [0.29, 0.717) is 3.57 Å². The molecule has 0 spiro atoms. The van der Waals surface area contributed by atoms with E-state index in [-0.39, 0.29) is 15.6 Å². The van der Waals surface area contributed by atoms with Crippen molar-refractivity contribution in [3.63, 3.8) is 0 Å². The summed E-state index contributed by atoms with van der Waals surface area (Å²) >= 11 is 4.80. The van der Waals surface area contributed by atoms with Crippen LogP contribution in [0.5, 0.6) is 0 Å². The molecule has 0 unspecified atom stereocenters. The lowest BCUT2D eigenvalue weighted by Gasteiger charge is -2.03. The highest BCUT2D eigenvalue weighted by atomic mass is 127. The molecule has 0 atom stereocenters. The Bertz CT molecular complexity index is 393. The monoisotopic (exact) mass is 370 g/mol. The van der Waals surface area contributed by atoms with Crippen LogP contribution in [0.25, 0.3) is 0 Å². The summed E-state index contributed by atoms with van der Waals surface area (Å²) < 4.78 is 0.663. The Morgan fingerprint density at radius 3 is 2.14 bits per heavy atom. The van der Waals surface area contributed by atoms with Crippen molar-refractivity contribution in [1.82, 2.24) is 0 Å². The van der Waals surface area contributed by atoms with Crippen molar-refractivity contribution in [3.05, 3.63) is 31.3 Å². The van der Waals surface area contributed by atoms with Gasteiger partial charge in [-0.3, -0.25) is 0 Å². The van der Waals surface area contributed by atoms with Crippen molar-refractivity contribution in [2.75, 3.05) is 0 Å². The molecule has 0 fully saturated rings. The fourth-order valence-corrected chi connectivity index (χ4v) is 2.76. The molecule has 1 aromatic carbocycles. The normalized spacial score (nSPS) is 9.86. The zero-order valence-electron chi connectivity index (χ0n) is 6.62. The molecule has 74 valence electrons. The molecule has 0 bridgehead atoms. The molecule has 2 N–H and O–H groups in total. The van der Waals surface area contributed by atoms with Gasteiger partial charge in [-0.1, -0.05) is 0 Å². The number of hydrogen-bond acceptors (Lipinski definition) is 2. The van der Waals surface area contributed by atoms with Crippen molar-refractivity contribution in [1.29, 1.82) is 0 Å². The number of rotatable bonds is 2. The average Bonchev–Trinajstić information content (AvgIpc) is 2.01. The Morgan fingerprint density at radius 1 is 1.21 bits per heavy atom. The van der Waals surface area contributed by atoms with Gasteiger partial charge in [0, 0.05) is 8.04 Å². The Kier molecular flexibility index (Phi) is 3.48. The van der Waals surface area contributed by atoms with Gasteiger partial charge in [-0.25, -0.2) is 9.59 Å². The molecular formula is C8H4BrIO4. The van der Waals surface area contributed by atoms with Gasteiger partial charge in [0.2, 0.25) is 0 Å². The Morgan fingerprint density at radius 2 is 1.79 bits per heavy atom. The summed E-state index contributed by atoms with van der Waals surface area (Å²) in [7, 11) is 0. The second-order valence-electron chi connectivity index (χ2n) is 2.43. The third-order valence-electron chi connectivity index (χ3n) is 1.50. The predicted molar refractivity (Wildman–Crippen MR) is 60.8 cm³/mol. The molecule has 1 rings (SSSR count). The van der Waals surface area contributed by atoms with Gasteiger partial charge in [-0.05, 0) is 50.7 Å². The molecule has 0 heterocycles. The number of carbonyl (C=O) groups is 2. The maximum atomic E-state index is 10.7. The minimum atomic E-state index is -1.08. The Labute approximate surface area is 101 Å². The first-order valence-corrected chi connectivity index (χ1v) is 5.26. The summed E-state index contributed by atoms with van der Waals surface area (Å²) in [6, 6.07) is 2.59. The fraction of sp³-hybridized carbons (Fsp3) is 0. The van der Waals surface area contributed by atoms with Crippen molar-refractivity contribution < 1.29 is 19.8 Å². The predicted octanol–water partition coefficient (Wildman–Crippen LogP) is 2.45. The molecule has 0 aromatic heterocycles. The molecule has 0 saturated heterocycles. The van der Waals surface area contributed by atoms with Gasteiger partial charge in [-0.2, -0.15) is 0 Å². The van der Waals surface area contributed by atoms with E-state index >= 15 is 0 Å². The van der Waals surface area contributed by atoms with Crippen LogP contribution in [0.3, 0.4) is 0 Å². The van der Waals surface area contributed by atoms with Crippen LogP contribution in [0.2, 0.25) is 0 Å². The number of halogens is 2. The van der Waals surface area contributed by atoms with Crippen LogP contribution in [-0.2, 0) is 0 Å². The van der Waals surface area contributed by atoms with Gasteiger partial charge >= 0.3 is 11.9 Å². The quantitative estimate of drug-likeness (QED) is 0.784. The molecule has 0 aliphatic carbocycles. The fourth-order valence-electron chi connectivity index (χ4n) is 0.901. The molecule has 6 heteroatoms. The van der Waals surface area contributed by atoms with Gasteiger partial charge in [0.15, 0.2) is 0 Å². The molecule has 0 amide bonds. The van der Waals surface area contributed by atoms with Crippen LogP contribution >= 0.6 is 38.5 Å². The first-order chi connectivity index (χ1) is 6.43. The highest BCUT2D eigenvalue weighted by molar-refractivity contribution is 14.1. The number of carboxylic acid groups (broad SMARTS) is 2. The van der Waals surface area contributed by atoms with E-state index in [1.54, 1.807) is 22.6 Å². The van der Waals surface area contributed by atoms with E-state index in [2.05, 4.69) is 15.9 Å². The van der Waals surface area contributed by atoms with Crippen LogP contribution in [0.1, 0.15) is 20.7 Å². The molecule has 0 aliphatic heterocycles. The first kappa shape index (κ1) is 11.4. The molecule has 0 saturated carbocycles. The van der Waals surface area contributed by atoms with E-state index < -0.39 is 11.9 Å². The largest absolute Gasteiger partial charge is 0.478 e. The van der Waals surface area contributed by atoms with Crippen LogP contribution in [0.4, 0.5) is 0 Å². The van der Waals surface area contributed by atoms with Gasteiger partial charge in [0.25, 0.3) is 0 Å². The van der Waals surface area contributed by atoms with E-state index in [9.17, 15) is 9.59 Å². The topological polar surface area (TPSA) is 74.6 Å². The molecular weight excluding hydrogens is 367 g/mol. The number of aromatic carboxylic acids is 2. The third kappa shape index (κ3) is 2.24. The van der Waals surface area contributed by atoms with Crippen LogP contribution in [0.15, 0.2) is 16.6 Å². The van der Waals surface area contributed by atoms with Gasteiger partial charge in [-0.15, -0.1) is 0 Å². The van der Waals surface area contributed by atoms with Crippen LogP contribution < -0.4 is 0 Å². The SMILES string of the molecule is O=C(O)c1cc(Br)c(C(=O)O)c(I)c1. The van der Waals surface area contributed by atoms with Crippen LogP contribution in [0, 0.1) is 3.57 Å². The maximum Gasteiger partial charge on any atom is 0.337 e. The second-order valence-corrected chi connectivity index (χ2v) is 4.44. The summed E-state index contributed by atoms with van der Waals surface area (Å²) in [6.45, 7) is 0. The first-order valence-electron chi connectivity index (χ1n) is 3.39. The van der Waals surface area contributed by atoms with Crippen molar-refractivity contribution in [2.24, 2.45) is 0 Å². The standard InChI is InChI=1S/C8H4BrIO4/c9-4-1-3(7(11)12)2-5(10)6(4)8(13)14/h1-2H,(H,11,12)(H,13,14). The van der Waals surface area contributed by atoms with Crippen molar-refractivity contribution >= 4 is 50.5 Å². The minimum Gasteiger partial charge on any atom is -0.478 e. The third-order valence-corrected chi connectivity index (χ3v) is 2.98. The Balaban J connectivity index is 3.39. The molecule has 14 heavy (non-hydrogen) atoms. The highest BCUT2D eigenvalue weighted by Gasteiger charge is 2.16. The number of hydrogen-bond donors (Lipinski definition) is 2. The zero-order chi connectivity index (χ0) is 10.9. The van der Waals surface area contributed by atoms with Crippen molar-refractivity contribution in [2.45, 2.75) is 0 Å². The summed E-state index contributed by atoms with van der Waals surface area (Å²) in [5.74, 6) is -2.17. The lowest BCUT2D eigenvalue weighted by molar-refractivity contribution is 0.0679. The summed E-state index contributed by atoms with van der Waals surface area (Å²) in [5.41, 5.74) is 0.141. The lowest BCUT2D eigenvalue weighted by Crippen LogP contribution is -2.05. The van der Waals surface area contributed by atoms with E-state index in [1.807, 2.05) is 0 Å². The van der Waals surface area contributed by atoms with Gasteiger partial charge in [0.05, 0.1) is 11.1 Å². The highest BCUT2D eigenvalue weighted by Crippen LogP contribution is 2.24. The second kappa shape index (κ2) is 4.26. The summed E-state index contributed by atoms with van der Waals surface area (Å²) in [4.78, 5) is 21.4. The summed E-state index contributed by atoms with van der Waals surface area (Å²) in [5, 5.41) is 17.5. The molecule has 0 aliphatic rings. The van der Waals surface area contributed by atoms with Gasteiger partial charge in [0.1, 0.15) is 0 Å². The number of benzene rings is 1. The Hall–Kier alpha value is -0.630. The van der Waals surface area contributed by atoms with E-state index in [0.717, 1.165) is 0 Å². The maximum absolute atomic E-state index is 10.7. The number of carboxylic acids is 2. The average molecular weight is 371 g/mol. The smallest absolute Gasteiger partial charge is 0.337 e. The molecule has 1 aromatic rings. The lowest BCUT2D eigenvalue weighted by atomic mass is 10.1. The van der Waals surface area contributed by atoms with Gasteiger partial charge < -0.3 is 10.2 Å². The minimum absolute atomic E-state index is 0.0614. The zero-order valence-corrected chi connectivity index (χ0v) is 10.4. The molecule has 0 radical (unpaired) electrons. The summed E-state index contributed by atoms with van der Waals surface area (Å²) in [6.07, 6.45) is 0. The van der Waals surface area contributed by atoms with E-state index in [1.165, 1.54) is 12.1 Å². The van der Waals surface area contributed by atoms with Crippen LogP contribution in [-0.4, -0.2) is 22.2 Å². The van der Waals surface area contributed by atoms with Crippen molar-refractivity contribution in [3.8, 4) is 0 Å². The van der Waals surface area contributed by atoms with E-state index in [4.69, 9.17) is 10.2 Å².